The Bertz CT molecular complexity index is 248. The summed E-state index contributed by atoms with van der Waals surface area (Å²) in [5, 5.41) is 3.80. The van der Waals surface area contributed by atoms with Gasteiger partial charge in [-0.1, -0.05) is 28.0 Å². The molecule has 1 saturated heterocycles. The number of unbranched alkanes of at least 4 members (excludes halogenated alkanes) is 1. The molecule has 0 spiro atoms. The SMILES string of the molecule is CN(CCN)CCNC(=O)CCCC[C@@H]1CCSS1. The molecule has 0 bridgehead atoms. The van der Waals surface area contributed by atoms with Crippen LogP contribution in [0.4, 0.5) is 0 Å². The Morgan fingerprint density at radius 1 is 1.42 bits per heavy atom. The summed E-state index contributed by atoms with van der Waals surface area (Å²) in [6.45, 7) is 3.15. The second kappa shape index (κ2) is 10.8. The van der Waals surface area contributed by atoms with Crippen LogP contribution in [0.5, 0.6) is 0 Å². The summed E-state index contributed by atoms with van der Waals surface area (Å²) < 4.78 is 0. The highest BCUT2D eigenvalue weighted by atomic mass is 33.1. The molecule has 1 rings (SSSR count). The molecule has 3 N–H and O–H groups in total. The van der Waals surface area contributed by atoms with Gasteiger partial charge < -0.3 is 16.0 Å². The molecule has 1 fully saturated rings. The minimum Gasteiger partial charge on any atom is -0.355 e. The molecule has 112 valence electrons. The van der Waals surface area contributed by atoms with Crippen LogP contribution in [0.15, 0.2) is 0 Å². The Morgan fingerprint density at radius 3 is 2.95 bits per heavy atom. The first-order chi connectivity index (χ1) is 9.22. The first kappa shape index (κ1) is 17.1. The summed E-state index contributed by atoms with van der Waals surface area (Å²) in [6.07, 6.45) is 5.48. The summed E-state index contributed by atoms with van der Waals surface area (Å²) in [6, 6.07) is 0. The number of likely N-dealkylation sites (N-methyl/N-ethyl adjacent to an activating group) is 1. The fourth-order valence-electron chi connectivity index (χ4n) is 2.03. The second-order valence-corrected chi connectivity index (χ2v) is 7.80. The van der Waals surface area contributed by atoms with Gasteiger partial charge >= 0.3 is 0 Å². The molecule has 1 atom stereocenters. The highest BCUT2D eigenvalue weighted by Gasteiger charge is 2.15. The van der Waals surface area contributed by atoms with Crippen LogP contribution >= 0.6 is 21.6 Å². The second-order valence-electron chi connectivity index (χ2n) is 5.02. The smallest absolute Gasteiger partial charge is 0.220 e. The van der Waals surface area contributed by atoms with Gasteiger partial charge in [0.15, 0.2) is 0 Å². The molecular weight excluding hydrogens is 278 g/mol. The zero-order valence-electron chi connectivity index (χ0n) is 11.9. The van der Waals surface area contributed by atoms with E-state index in [4.69, 9.17) is 5.73 Å². The molecule has 1 heterocycles. The van der Waals surface area contributed by atoms with Crippen LogP contribution in [-0.2, 0) is 4.79 Å². The molecule has 0 aromatic rings. The molecule has 4 nitrogen and oxygen atoms in total. The van der Waals surface area contributed by atoms with Gasteiger partial charge in [-0.15, -0.1) is 0 Å². The summed E-state index contributed by atoms with van der Waals surface area (Å²) in [5.41, 5.74) is 5.46. The Kier molecular flexibility index (Phi) is 9.77. The summed E-state index contributed by atoms with van der Waals surface area (Å²) in [7, 11) is 6.04. The summed E-state index contributed by atoms with van der Waals surface area (Å²) in [5.74, 6) is 1.49. The van der Waals surface area contributed by atoms with E-state index >= 15 is 0 Å². The maximum Gasteiger partial charge on any atom is 0.220 e. The molecule has 0 radical (unpaired) electrons. The quantitative estimate of drug-likeness (QED) is 0.475. The molecule has 19 heavy (non-hydrogen) atoms. The zero-order valence-corrected chi connectivity index (χ0v) is 13.5. The molecule has 0 aromatic carbocycles. The van der Waals surface area contributed by atoms with Crippen LogP contribution in [0.25, 0.3) is 0 Å². The minimum atomic E-state index is 0.189. The lowest BCUT2D eigenvalue weighted by atomic mass is 10.1. The van der Waals surface area contributed by atoms with Crippen molar-refractivity contribution in [2.24, 2.45) is 5.73 Å². The van der Waals surface area contributed by atoms with Crippen LogP contribution in [0.1, 0.15) is 32.1 Å². The van der Waals surface area contributed by atoms with Gasteiger partial charge in [-0.25, -0.2) is 0 Å². The maximum atomic E-state index is 11.6. The van der Waals surface area contributed by atoms with Gasteiger partial charge in [0.2, 0.25) is 5.91 Å². The van der Waals surface area contributed by atoms with Crippen molar-refractivity contribution in [1.82, 2.24) is 10.2 Å². The molecular formula is C13H27N3OS2. The van der Waals surface area contributed by atoms with Crippen LogP contribution < -0.4 is 11.1 Å². The third-order valence-corrected chi connectivity index (χ3v) is 6.24. The Balaban J connectivity index is 1.89. The number of rotatable bonds is 10. The van der Waals surface area contributed by atoms with E-state index in [1.165, 1.54) is 25.0 Å². The van der Waals surface area contributed by atoms with Gasteiger partial charge in [-0.3, -0.25) is 4.79 Å². The first-order valence-electron chi connectivity index (χ1n) is 7.16. The number of carbonyl (C=O) groups excluding carboxylic acids is 1. The van der Waals surface area contributed by atoms with Crippen molar-refractivity contribution < 1.29 is 4.79 Å². The van der Waals surface area contributed by atoms with E-state index in [0.29, 0.717) is 13.0 Å². The third kappa shape index (κ3) is 8.78. The monoisotopic (exact) mass is 305 g/mol. The number of nitrogens with two attached hydrogens (primary N) is 1. The number of amides is 1. The van der Waals surface area contributed by atoms with Gasteiger partial charge in [0, 0.05) is 43.6 Å². The third-order valence-electron chi connectivity index (χ3n) is 3.23. The van der Waals surface area contributed by atoms with Crippen LogP contribution in [0, 0.1) is 0 Å². The molecule has 0 aromatic heterocycles. The van der Waals surface area contributed by atoms with Crippen molar-refractivity contribution in [3.05, 3.63) is 0 Å². The standard InChI is InChI=1S/C13H27N3OS2/c1-16(9-7-14)10-8-15-13(17)5-3-2-4-12-6-11-18-19-12/h12H,2-11,14H2,1H3,(H,15,17)/t12-/m1/s1. The van der Waals surface area contributed by atoms with Gasteiger partial charge in [0.25, 0.3) is 0 Å². The molecule has 0 aliphatic carbocycles. The van der Waals surface area contributed by atoms with Crippen LogP contribution in [-0.4, -0.2) is 55.0 Å². The fourth-order valence-corrected chi connectivity index (χ4v) is 5.06. The van der Waals surface area contributed by atoms with Crippen molar-refractivity contribution in [2.75, 3.05) is 39.0 Å². The van der Waals surface area contributed by atoms with E-state index in [9.17, 15) is 4.79 Å². The lowest BCUT2D eigenvalue weighted by molar-refractivity contribution is -0.121. The number of nitrogens with zero attached hydrogens (tertiary/aromatic N) is 1. The number of nitrogens with one attached hydrogen (secondary N) is 1. The highest BCUT2D eigenvalue weighted by Crippen LogP contribution is 2.39. The van der Waals surface area contributed by atoms with Crippen molar-refractivity contribution in [3.63, 3.8) is 0 Å². The summed E-state index contributed by atoms with van der Waals surface area (Å²) >= 11 is 0. The molecule has 6 heteroatoms. The minimum absolute atomic E-state index is 0.189. The fraction of sp³-hybridized carbons (Fsp3) is 0.923. The predicted molar refractivity (Wildman–Crippen MR) is 86.5 cm³/mol. The molecule has 1 aliphatic rings. The Morgan fingerprint density at radius 2 is 2.26 bits per heavy atom. The van der Waals surface area contributed by atoms with Crippen LogP contribution in [0.3, 0.4) is 0 Å². The van der Waals surface area contributed by atoms with Crippen LogP contribution in [0.2, 0.25) is 0 Å². The van der Waals surface area contributed by atoms with Crippen molar-refractivity contribution in [1.29, 1.82) is 0 Å². The zero-order chi connectivity index (χ0) is 13.9. The number of carbonyl (C=O) groups is 1. The molecule has 0 unspecified atom stereocenters. The number of hydrogen-bond acceptors (Lipinski definition) is 5. The molecule has 1 amide bonds. The van der Waals surface area contributed by atoms with E-state index in [1.54, 1.807) is 0 Å². The van der Waals surface area contributed by atoms with E-state index < -0.39 is 0 Å². The van der Waals surface area contributed by atoms with Crippen molar-refractivity contribution >= 4 is 27.5 Å². The first-order valence-corrected chi connectivity index (χ1v) is 9.54. The average Bonchev–Trinajstić information content (AvgIpc) is 2.88. The lowest BCUT2D eigenvalue weighted by Gasteiger charge is -2.15. The largest absolute Gasteiger partial charge is 0.355 e. The topological polar surface area (TPSA) is 58.4 Å². The van der Waals surface area contributed by atoms with Crippen molar-refractivity contribution in [3.8, 4) is 0 Å². The number of hydrogen-bond donors (Lipinski definition) is 2. The molecule has 0 saturated carbocycles. The summed E-state index contributed by atoms with van der Waals surface area (Å²) in [4.78, 5) is 13.7. The Labute approximate surface area is 125 Å². The predicted octanol–water partition coefficient (Wildman–Crippen LogP) is 1.71. The van der Waals surface area contributed by atoms with E-state index in [2.05, 4.69) is 10.2 Å². The van der Waals surface area contributed by atoms with Crippen molar-refractivity contribution in [2.45, 2.75) is 37.4 Å². The van der Waals surface area contributed by atoms with Gasteiger partial charge in [0.05, 0.1) is 0 Å². The van der Waals surface area contributed by atoms with E-state index in [0.717, 1.165) is 31.3 Å². The van der Waals surface area contributed by atoms with Gasteiger partial charge in [-0.2, -0.15) is 0 Å². The van der Waals surface area contributed by atoms with Gasteiger partial charge in [-0.05, 0) is 26.3 Å². The van der Waals surface area contributed by atoms with E-state index in [-0.39, 0.29) is 5.91 Å². The Hall–Kier alpha value is 0.0900. The molecule has 1 aliphatic heterocycles. The maximum absolute atomic E-state index is 11.6. The normalized spacial score (nSPS) is 19.0. The average molecular weight is 306 g/mol. The van der Waals surface area contributed by atoms with Gasteiger partial charge in [0.1, 0.15) is 0 Å². The highest BCUT2D eigenvalue weighted by molar-refractivity contribution is 8.77. The lowest BCUT2D eigenvalue weighted by Crippen LogP contribution is -2.35. The van der Waals surface area contributed by atoms with E-state index in [1.807, 2.05) is 28.6 Å².